The first kappa shape index (κ1) is 38.7. The quantitative estimate of drug-likeness (QED) is 0.167. The van der Waals surface area contributed by atoms with Gasteiger partial charge in [-0.15, -0.1) is 0 Å². The molecule has 4 aromatic rings. The minimum Gasteiger partial charge on any atom is -0.493 e. The van der Waals surface area contributed by atoms with Crippen LogP contribution in [-0.2, 0) is 50.3 Å². The number of ether oxygens (including phenoxy) is 2. The molecule has 7 atom stereocenters. The minimum absolute atomic E-state index is 0.0933. The Morgan fingerprint density at radius 2 is 1.43 bits per heavy atom. The van der Waals surface area contributed by atoms with E-state index in [9.17, 15) is 24.3 Å². The number of piperidine rings is 1. The summed E-state index contributed by atoms with van der Waals surface area (Å²) in [6.07, 6.45) is 4.12. The first-order chi connectivity index (χ1) is 27.1. The molecule has 2 aliphatic carbocycles. The Balaban J connectivity index is 0.000000186. The molecule has 1 saturated heterocycles. The zero-order valence-corrected chi connectivity index (χ0v) is 31.9. The summed E-state index contributed by atoms with van der Waals surface area (Å²) in [6.45, 7) is 1.05. The molecule has 11 nitrogen and oxygen atoms in total. The molecule has 4 aromatic carbocycles. The number of likely N-dealkylation sites (tertiary alicyclic amines) is 1. The van der Waals surface area contributed by atoms with E-state index in [4.69, 9.17) is 15.2 Å². The Morgan fingerprint density at radius 1 is 0.857 bits per heavy atom. The molecule has 2 aliphatic heterocycles. The van der Waals surface area contributed by atoms with Crippen molar-refractivity contribution in [2.45, 2.75) is 80.6 Å². The zero-order valence-electron chi connectivity index (χ0n) is 31.9. The van der Waals surface area contributed by atoms with Gasteiger partial charge in [0.15, 0.2) is 23.4 Å². The van der Waals surface area contributed by atoms with Crippen LogP contribution in [0.5, 0.6) is 11.5 Å². The number of carbonyl (C=O) groups excluding carboxylic acids is 3. The number of nitrogens with zero attached hydrogens (tertiary/aromatic N) is 1. The molecule has 2 fully saturated rings. The number of aliphatic carboxylic acids is 1. The van der Waals surface area contributed by atoms with Crippen molar-refractivity contribution in [3.63, 3.8) is 0 Å². The van der Waals surface area contributed by atoms with Gasteiger partial charge in [-0.25, -0.2) is 4.79 Å². The second kappa shape index (κ2) is 16.7. The molecule has 4 aliphatic rings. The lowest BCUT2D eigenvalue weighted by Crippen LogP contribution is -2.65. The van der Waals surface area contributed by atoms with Crippen LogP contribution in [0.25, 0.3) is 0 Å². The van der Waals surface area contributed by atoms with Gasteiger partial charge in [-0.3, -0.25) is 14.4 Å². The summed E-state index contributed by atoms with van der Waals surface area (Å²) in [7, 11) is 3.91. The molecule has 0 radical (unpaired) electrons. The van der Waals surface area contributed by atoms with Crippen molar-refractivity contribution in [1.82, 2.24) is 15.5 Å². The van der Waals surface area contributed by atoms with Crippen LogP contribution in [-0.4, -0.2) is 84.5 Å². The number of nitrogens with two attached hydrogens (primary N) is 1. The van der Waals surface area contributed by atoms with Crippen LogP contribution >= 0.6 is 0 Å². The zero-order chi connectivity index (χ0) is 39.4. The number of ketones is 1. The van der Waals surface area contributed by atoms with Gasteiger partial charge in [0.25, 0.3) is 0 Å². The maximum atomic E-state index is 13.1. The highest BCUT2D eigenvalue weighted by molar-refractivity contribution is 5.92. The molecule has 2 amide bonds. The monoisotopic (exact) mass is 758 g/mol. The third kappa shape index (κ3) is 7.79. The summed E-state index contributed by atoms with van der Waals surface area (Å²) in [5.41, 5.74) is 11.2. The van der Waals surface area contributed by atoms with Crippen molar-refractivity contribution < 1.29 is 33.8 Å². The summed E-state index contributed by atoms with van der Waals surface area (Å²) >= 11 is 0. The molecule has 8 rings (SSSR count). The number of carboxylic acid groups (broad SMARTS) is 1. The number of hydrogen-bond donors (Lipinski definition) is 4. The van der Waals surface area contributed by atoms with Crippen molar-refractivity contribution in [3.8, 4) is 11.5 Å². The maximum absolute atomic E-state index is 13.1. The predicted molar refractivity (Wildman–Crippen MR) is 211 cm³/mol. The van der Waals surface area contributed by atoms with Crippen LogP contribution in [0.3, 0.4) is 0 Å². The van der Waals surface area contributed by atoms with Crippen LogP contribution in [0.4, 0.5) is 0 Å². The highest BCUT2D eigenvalue weighted by Crippen LogP contribution is 2.63. The fourth-order valence-corrected chi connectivity index (χ4v) is 9.29. The van der Waals surface area contributed by atoms with E-state index in [-0.39, 0.29) is 30.1 Å². The molecule has 0 aromatic heterocycles. The lowest BCUT2D eigenvalue weighted by atomic mass is 9.52. The van der Waals surface area contributed by atoms with Gasteiger partial charge in [-0.2, -0.15) is 0 Å². The van der Waals surface area contributed by atoms with Gasteiger partial charge in [0.05, 0.1) is 13.2 Å². The van der Waals surface area contributed by atoms with Gasteiger partial charge >= 0.3 is 5.97 Å². The van der Waals surface area contributed by atoms with E-state index in [1.807, 2.05) is 84.9 Å². The fourth-order valence-electron chi connectivity index (χ4n) is 9.29. The lowest BCUT2D eigenvalue weighted by Gasteiger charge is -2.57. The third-order valence-electron chi connectivity index (χ3n) is 12.0. The maximum Gasteiger partial charge on any atom is 0.326 e. The van der Waals surface area contributed by atoms with Crippen LogP contribution < -0.4 is 25.8 Å². The number of likely N-dealkylation sites (N-methyl/N-ethyl adjacent to an activating group) is 1. The van der Waals surface area contributed by atoms with E-state index >= 15 is 0 Å². The number of Topliss-reactive ketones (excluding diaryl/α,β-unsaturated/α-hetero) is 1. The second-order valence-corrected chi connectivity index (χ2v) is 15.4. The molecule has 292 valence electrons. The van der Waals surface area contributed by atoms with E-state index in [1.54, 1.807) is 19.2 Å². The second-order valence-electron chi connectivity index (χ2n) is 15.4. The molecule has 2 bridgehead atoms. The Labute approximate surface area is 327 Å². The number of nitrogens with one attached hydrogen (secondary N) is 2. The first-order valence-corrected chi connectivity index (χ1v) is 19.4. The molecular formula is C45H50N4O7. The number of methoxy groups -OCH3 is 1. The number of carboxylic acids is 1. The molecule has 56 heavy (non-hydrogen) atoms. The van der Waals surface area contributed by atoms with Crippen molar-refractivity contribution >= 4 is 23.6 Å². The number of carbonyl (C=O) groups is 4. The van der Waals surface area contributed by atoms with Gasteiger partial charge in [-0.05, 0) is 73.5 Å². The summed E-state index contributed by atoms with van der Waals surface area (Å²) in [6, 6.07) is 29.4. The van der Waals surface area contributed by atoms with E-state index in [0.717, 1.165) is 54.0 Å². The highest BCUT2D eigenvalue weighted by Gasteiger charge is 2.65. The standard InChI is InChI=1S/C27H29N3O4.C18H21NO3/c28-22(16-19-10-4-1-5-11-19)25(31)29-23(17-20-12-6-2-7-13-20)26(32)30-24(27(33)34)18-21-14-8-3-9-15-21;1-19-8-7-18-11-4-5-13(20)17(18)22-16-14(21-2)6-3-10(15(16)18)9-12(11)19/h1-15,22-24H,16-18,28H2,(H,29,31)(H,30,32)(H,33,34);3,6,11-12,17H,4-5,7-9H2,1-2H3/t22-,23-,24-;11-,12+,17-,18-/m00/s1. The van der Waals surface area contributed by atoms with E-state index in [0.29, 0.717) is 24.8 Å². The normalized spacial score (nSPS) is 23.2. The van der Waals surface area contributed by atoms with Gasteiger partial charge < -0.3 is 35.8 Å². The Kier molecular flexibility index (Phi) is 11.5. The van der Waals surface area contributed by atoms with Crippen molar-refractivity contribution in [2.24, 2.45) is 11.7 Å². The lowest BCUT2D eigenvalue weighted by molar-refractivity contribution is -0.142. The average Bonchev–Trinajstić information content (AvgIpc) is 3.57. The van der Waals surface area contributed by atoms with Crippen molar-refractivity contribution in [2.75, 3.05) is 20.7 Å². The van der Waals surface area contributed by atoms with Gasteiger partial charge in [0, 0.05) is 36.3 Å². The minimum atomic E-state index is -1.15. The molecule has 1 spiro atoms. The smallest absolute Gasteiger partial charge is 0.326 e. The summed E-state index contributed by atoms with van der Waals surface area (Å²) in [5, 5.41) is 15.0. The Hall–Kier alpha value is -5.52. The highest BCUT2D eigenvalue weighted by atomic mass is 16.5. The Bertz CT molecular complexity index is 2050. The van der Waals surface area contributed by atoms with Crippen molar-refractivity contribution in [1.29, 1.82) is 0 Å². The molecule has 11 heteroatoms. The van der Waals surface area contributed by atoms with Crippen molar-refractivity contribution in [3.05, 3.63) is 131 Å². The number of rotatable bonds is 12. The van der Waals surface area contributed by atoms with Gasteiger partial charge in [0.1, 0.15) is 12.1 Å². The number of hydrogen-bond acceptors (Lipinski definition) is 8. The molecular weight excluding hydrogens is 709 g/mol. The first-order valence-electron chi connectivity index (χ1n) is 19.4. The fraction of sp³-hybridized carbons (Fsp3) is 0.378. The van der Waals surface area contributed by atoms with E-state index in [2.05, 4.69) is 28.6 Å². The molecule has 0 unspecified atom stereocenters. The molecule has 5 N–H and O–H groups in total. The summed E-state index contributed by atoms with van der Waals surface area (Å²) < 4.78 is 11.8. The van der Waals surface area contributed by atoms with Crippen LogP contribution in [0, 0.1) is 5.92 Å². The largest absolute Gasteiger partial charge is 0.493 e. The summed E-state index contributed by atoms with van der Waals surface area (Å²) in [5.74, 6) is 0.255. The SMILES string of the molecule is COc1ccc2c3c1O[C@H]1C(=O)CC[C@H]4[C@@H](C2)N(C)CC[C@]314.N[C@@H](Cc1ccccc1)C(=O)N[C@@H](Cc1ccccc1)C(=O)N[C@@H](Cc1ccccc1)C(=O)O. The number of amides is 2. The third-order valence-corrected chi connectivity index (χ3v) is 12.0. The van der Waals surface area contributed by atoms with Gasteiger partial charge in [-0.1, -0.05) is 97.1 Å². The molecule has 2 heterocycles. The van der Waals surface area contributed by atoms with Crippen LogP contribution in [0.1, 0.15) is 47.1 Å². The average molecular weight is 759 g/mol. The predicted octanol–water partition coefficient (Wildman–Crippen LogP) is 4.03. The Morgan fingerprint density at radius 3 is 2.02 bits per heavy atom. The molecule has 1 saturated carbocycles. The van der Waals surface area contributed by atoms with E-state index < -0.39 is 35.9 Å². The van der Waals surface area contributed by atoms with Gasteiger partial charge in [0.2, 0.25) is 11.8 Å². The topological polar surface area (TPSA) is 160 Å². The van der Waals surface area contributed by atoms with E-state index in [1.165, 1.54) is 11.1 Å². The number of benzene rings is 4. The van der Waals surface area contributed by atoms with Crippen LogP contribution in [0.2, 0.25) is 0 Å². The summed E-state index contributed by atoms with van der Waals surface area (Å²) in [4.78, 5) is 52.9. The van der Waals surface area contributed by atoms with Crippen LogP contribution in [0.15, 0.2) is 103 Å².